The zero-order chi connectivity index (χ0) is 13.2. The van der Waals surface area contributed by atoms with Crippen molar-refractivity contribution in [2.24, 2.45) is 11.1 Å². The molecular weight excluding hydrogens is 268 g/mol. The lowest BCUT2D eigenvalue weighted by Crippen LogP contribution is -2.43. The highest BCUT2D eigenvalue weighted by Crippen LogP contribution is 2.39. The molecule has 0 saturated heterocycles. The van der Waals surface area contributed by atoms with Gasteiger partial charge in [0, 0.05) is 0 Å². The van der Waals surface area contributed by atoms with Crippen LogP contribution < -0.4 is 11.1 Å². The van der Waals surface area contributed by atoms with Gasteiger partial charge in [0.15, 0.2) is 0 Å². The van der Waals surface area contributed by atoms with Crippen LogP contribution in [0.2, 0.25) is 0 Å². The monoisotopic (exact) mass is 284 g/mol. The lowest BCUT2D eigenvalue weighted by molar-refractivity contribution is -0.122. The zero-order valence-electron chi connectivity index (χ0n) is 10.2. The first-order chi connectivity index (χ1) is 8.58. The van der Waals surface area contributed by atoms with Gasteiger partial charge in [-0.2, -0.15) is 0 Å². The van der Waals surface area contributed by atoms with E-state index in [-0.39, 0.29) is 10.9 Å². The van der Waals surface area contributed by atoms with Gasteiger partial charge in [0.1, 0.15) is 5.01 Å². The van der Waals surface area contributed by atoms with Gasteiger partial charge in [0.2, 0.25) is 11.0 Å². The summed E-state index contributed by atoms with van der Waals surface area (Å²) in [5.74, 6) is -0.133. The molecule has 0 radical (unpaired) electrons. The Morgan fingerprint density at radius 1 is 1.50 bits per heavy atom. The normalized spacial score (nSPS) is 17.6. The molecule has 1 aromatic rings. The van der Waals surface area contributed by atoms with E-state index in [4.69, 9.17) is 18.0 Å². The molecule has 18 heavy (non-hydrogen) atoms. The van der Waals surface area contributed by atoms with Crippen molar-refractivity contribution in [1.82, 2.24) is 10.2 Å². The second kappa shape index (κ2) is 5.27. The second-order valence-corrected chi connectivity index (χ2v) is 5.96. The van der Waals surface area contributed by atoms with Gasteiger partial charge in [0.05, 0.1) is 10.4 Å². The van der Waals surface area contributed by atoms with E-state index in [1.807, 2.05) is 6.92 Å². The maximum atomic E-state index is 12.3. The fourth-order valence-electron chi connectivity index (χ4n) is 2.23. The SMILES string of the molecule is CCc1nnc(NC(=O)C2(C(N)=S)CCCC2)s1. The van der Waals surface area contributed by atoms with Crippen molar-refractivity contribution in [3.8, 4) is 0 Å². The molecule has 0 aromatic carbocycles. The number of anilines is 1. The summed E-state index contributed by atoms with van der Waals surface area (Å²) >= 11 is 6.46. The smallest absolute Gasteiger partial charge is 0.239 e. The maximum Gasteiger partial charge on any atom is 0.239 e. The largest absolute Gasteiger partial charge is 0.392 e. The van der Waals surface area contributed by atoms with Crippen LogP contribution >= 0.6 is 23.6 Å². The van der Waals surface area contributed by atoms with E-state index in [2.05, 4.69) is 15.5 Å². The number of thiocarbonyl (C=S) groups is 1. The molecule has 1 amide bonds. The standard InChI is InChI=1S/C11H16N4OS2/c1-2-7-14-15-10(18-7)13-9(16)11(8(12)17)5-3-4-6-11/h2-6H2,1H3,(H2,12,17)(H,13,15,16). The van der Waals surface area contributed by atoms with Crippen LogP contribution in [0.25, 0.3) is 0 Å². The summed E-state index contributed by atoms with van der Waals surface area (Å²) in [7, 11) is 0. The minimum absolute atomic E-state index is 0.133. The number of rotatable bonds is 4. The van der Waals surface area contributed by atoms with Crippen LogP contribution in [-0.4, -0.2) is 21.1 Å². The Labute approximate surface area is 115 Å². The lowest BCUT2D eigenvalue weighted by atomic mass is 9.85. The Kier molecular flexibility index (Phi) is 3.91. The second-order valence-electron chi connectivity index (χ2n) is 4.46. The van der Waals surface area contributed by atoms with E-state index < -0.39 is 5.41 Å². The molecule has 3 N–H and O–H groups in total. The van der Waals surface area contributed by atoms with Crippen molar-refractivity contribution < 1.29 is 4.79 Å². The van der Waals surface area contributed by atoms with Gasteiger partial charge < -0.3 is 5.73 Å². The number of nitrogens with two attached hydrogens (primary N) is 1. The van der Waals surface area contributed by atoms with Crippen LogP contribution in [0, 0.1) is 5.41 Å². The number of aryl methyl sites for hydroxylation is 1. The topological polar surface area (TPSA) is 80.9 Å². The average molecular weight is 284 g/mol. The number of amides is 1. The fraction of sp³-hybridized carbons (Fsp3) is 0.636. The highest BCUT2D eigenvalue weighted by atomic mass is 32.1. The van der Waals surface area contributed by atoms with Gasteiger partial charge in [-0.15, -0.1) is 10.2 Å². The predicted molar refractivity (Wildman–Crippen MR) is 75.6 cm³/mol. The summed E-state index contributed by atoms with van der Waals surface area (Å²) in [5, 5.41) is 12.1. The molecule has 5 nitrogen and oxygen atoms in total. The van der Waals surface area contributed by atoms with Crippen LogP contribution in [-0.2, 0) is 11.2 Å². The molecule has 0 aliphatic heterocycles. The Morgan fingerprint density at radius 3 is 2.67 bits per heavy atom. The molecule has 1 aromatic heterocycles. The third kappa shape index (κ3) is 2.37. The summed E-state index contributed by atoms with van der Waals surface area (Å²) in [6.07, 6.45) is 4.25. The predicted octanol–water partition coefficient (Wildman–Crippen LogP) is 1.89. The van der Waals surface area contributed by atoms with Crippen molar-refractivity contribution in [2.45, 2.75) is 39.0 Å². The van der Waals surface area contributed by atoms with E-state index in [9.17, 15) is 4.79 Å². The minimum Gasteiger partial charge on any atom is -0.392 e. The first-order valence-corrected chi connectivity index (χ1v) is 7.24. The molecule has 0 unspecified atom stereocenters. The summed E-state index contributed by atoms with van der Waals surface area (Å²) in [6.45, 7) is 2.00. The molecule has 1 saturated carbocycles. The molecular formula is C11H16N4OS2. The summed E-state index contributed by atoms with van der Waals surface area (Å²) in [5.41, 5.74) is 5.07. The molecule has 0 atom stereocenters. The van der Waals surface area contributed by atoms with Crippen LogP contribution in [0.3, 0.4) is 0 Å². The molecule has 0 bridgehead atoms. The highest BCUT2D eigenvalue weighted by Gasteiger charge is 2.44. The number of nitrogens with zero attached hydrogens (tertiary/aromatic N) is 2. The van der Waals surface area contributed by atoms with Gasteiger partial charge in [-0.25, -0.2) is 0 Å². The third-order valence-electron chi connectivity index (χ3n) is 3.35. The number of carbonyl (C=O) groups is 1. The Hall–Kier alpha value is -1.08. The summed E-state index contributed by atoms with van der Waals surface area (Å²) < 4.78 is 0. The molecule has 1 fully saturated rings. The van der Waals surface area contributed by atoms with Crippen LogP contribution in [0.5, 0.6) is 0 Å². The van der Waals surface area contributed by atoms with Crippen LogP contribution in [0.1, 0.15) is 37.6 Å². The van der Waals surface area contributed by atoms with E-state index >= 15 is 0 Å². The van der Waals surface area contributed by atoms with Crippen molar-refractivity contribution in [2.75, 3.05) is 5.32 Å². The number of hydrogen-bond acceptors (Lipinski definition) is 5. The van der Waals surface area contributed by atoms with E-state index in [0.29, 0.717) is 5.13 Å². The number of hydrogen-bond donors (Lipinski definition) is 2. The molecule has 98 valence electrons. The van der Waals surface area contributed by atoms with Crippen molar-refractivity contribution in [3.05, 3.63) is 5.01 Å². The van der Waals surface area contributed by atoms with E-state index in [0.717, 1.165) is 37.1 Å². The Bertz CT molecular complexity index is 465. The van der Waals surface area contributed by atoms with Crippen molar-refractivity contribution >= 4 is 39.6 Å². The molecule has 0 spiro atoms. The molecule has 2 rings (SSSR count). The lowest BCUT2D eigenvalue weighted by Gasteiger charge is -2.25. The first-order valence-electron chi connectivity index (χ1n) is 6.02. The highest BCUT2D eigenvalue weighted by molar-refractivity contribution is 7.80. The fourth-order valence-corrected chi connectivity index (χ4v) is 3.20. The van der Waals surface area contributed by atoms with E-state index in [1.165, 1.54) is 11.3 Å². The summed E-state index contributed by atoms with van der Waals surface area (Å²) in [6, 6.07) is 0. The van der Waals surface area contributed by atoms with Gasteiger partial charge in [-0.1, -0.05) is 43.3 Å². The molecule has 1 aliphatic rings. The number of aromatic nitrogens is 2. The van der Waals surface area contributed by atoms with Gasteiger partial charge in [-0.3, -0.25) is 10.1 Å². The third-order valence-corrected chi connectivity index (χ3v) is 4.73. The average Bonchev–Trinajstić information content (AvgIpc) is 2.97. The summed E-state index contributed by atoms with van der Waals surface area (Å²) in [4.78, 5) is 12.6. The van der Waals surface area contributed by atoms with E-state index in [1.54, 1.807) is 0 Å². The number of carbonyl (C=O) groups excluding carboxylic acids is 1. The maximum absolute atomic E-state index is 12.3. The first kappa shape index (κ1) is 13.4. The quantitative estimate of drug-likeness (QED) is 0.825. The van der Waals surface area contributed by atoms with Gasteiger partial charge in [-0.05, 0) is 19.3 Å². The molecule has 1 heterocycles. The number of nitrogens with one attached hydrogen (secondary N) is 1. The minimum atomic E-state index is -0.687. The zero-order valence-corrected chi connectivity index (χ0v) is 11.9. The van der Waals surface area contributed by atoms with Gasteiger partial charge >= 0.3 is 0 Å². The van der Waals surface area contributed by atoms with Crippen LogP contribution in [0.15, 0.2) is 0 Å². The molecule has 7 heteroatoms. The Morgan fingerprint density at radius 2 is 2.17 bits per heavy atom. The van der Waals surface area contributed by atoms with Gasteiger partial charge in [0.25, 0.3) is 0 Å². The van der Waals surface area contributed by atoms with Crippen LogP contribution in [0.4, 0.5) is 5.13 Å². The Balaban J connectivity index is 2.13. The van der Waals surface area contributed by atoms with Crippen molar-refractivity contribution in [1.29, 1.82) is 0 Å². The van der Waals surface area contributed by atoms with Crippen molar-refractivity contribution in [3.63, 3.8) is 0 Å². The molecule has 1 aliphatic carbocycles.